The molecule has 0 saturated carbocycles. The lowest BCUT2D eigenvalue weighted by atomic mass is 9.84. The first-order valence-corrected chi connectivity index (χ1v) is 17.1. The van der Waals surface area contributed by atoms with Crippen LogP contribution in [0.25, 0.3) is 16.8 Å². The number of hydrogen-bond donors (Lipinski definition) is 0. The number of rotatable bonds is 11. The molecule has 3 aromatic rings. The van der Waals surface area contributed by atoms with Gasteiger partial charge in [-0.3, -0.25) is 9.97 Å². The third kappa shape index (κ3) is 10.2. The van der Waals surface area contributed by atoms with Gasteiger partial charge in [0.2, 0.25) is 0 Å². The summed E-state index contributed by atoms with van der Waals surface area (Å²) in [6, 6.07) is 19.0. The molecule has 3 heteroatoms. The predicted molar refractivity (Wildman–Crippen MR) is 210 cm³/mol. The van der Waals surface area contributed by atoms with Gasteiger partial charge >= 0.3 is 0 Å². The van der Waals surface area contributed by atoms with E-state index in [0.29, 0.717) is 6.42 Å². The highest BCUT2D eigenvalue weighted by Gasteiger charge is 2.21. The molecule has 1 aromatic carbocycles. The summed E-state index contributed by atoms with van der Waals surface area (Å²) in [5.74, 6) is 0.282. The zero-order valence-corrected chi connectivity index (χ0v) is 28.6. The average molecular weight is 640 g/mol. The lowest BCUT2D eigenvalue weighted by Gasteiger charge is -2.21. The highest BCUT2D eigenvalue weighted by atomic mass is 14.8. The van der Waals surface area contributed by atoms with Crippen molar-refractivity contribution in [3.8, 4) is 11.3 Å². The van der Waals surface area contributed by atoms with E-state index in [9.17, 15) is 0 Å². The Kier molecular flexibility index (Phi) is 13.2. The van der Waals surface area contributed by atoms with Gasteiger partial charge in [0.15, 0.2) is 0 Å². The van der Waals surface area contributed by atoms with Crippen molar-refractivity contribution in [3.05, 3.63) is 211 Å². The predicted octanol–water partition coefficient (Wildman–Crippen LogP) is 11.7. The summed E-state index contributed by atoms with van der Waals surface area (Å²) < 4.78 is 0. The zero-order valence-electron chi connectivity index (χ0n) is 28.6. The summed E-state index contributed by atoms with van der Waals surface area (Å²) in [5, 5.41) is 0. The number of allylic oxidation sites excluding steroid dienone is 20. The quantitative estimate of drug-likeness (QED) is 0.155. The van der Waals surface area contributed by atoms with E-state index in [1.807, 2.05) is 30.6 Å². The number of hydrogen-bond acceptors (Lipinski definition) is 3. The summed E-state index contributed by atoms with van der Waals surface area (Å²) >= 11 is 0. The van der Waals surface area contributed by atoms with Crippen molar-refractivity contribution in [1.82, 2.24) is 9.97 Å². The van der Waals surface area contributed by atoms with E-state index in [2.05, 4.69) is 159 Å². The molecule has 0 saturated heterocycles. The SMILES string of the molecule is C=C/C=C\C/C=C\C(=C/C)N=C(/C(=C1\C=CC=CC1)c1ccccc1Cc1cccc(-c2ccncc2)n1)/C1=C/C/C=C\C=C/C(C)C=C1. The van der Waals surface area contributed by atoms with Gasteiger partial charge < -0.3 is 0 Å². The second-order valence-corrected chi connectivity index (χ2v) is 11.9. The molecule has 0 radical (unpaired) electrons. The topological polar surface area (TPSA) is 38.1 Å². The van der Waals surface area contributed by atoms with E-state index in [1.165, 1.54) is 11.1 Å². The molecule has 2 aromatic heterocycles. The van der Waals surface area contributed by atoms with Crippen LogP contribution in [0.5, 0.6) is 0 Å². The molecule has 0 spiro atoms. The van der Waals surface area contributed by atoms with Crippen molar-refractivity contribution in [3.63, 3.8) is 0 Å². The van der Waals surface area contributed by atoms with Gasteiger partial charge in [0, 0.05) is 35.6 Å². The van der Waals surface area contributed by atoms with Crippen molar-refractivity contribution in [1.29, 1.82) is 0 Å². The highest BCUT2D eigenvalue weighted by Crippen LogP contribution is 2.33. The second-order valence-electron chi connectivity index (χ2n) is 11.9. The Morgan fingerprint density at radius 3 is 2.59 bits per heavy atom. The number of pyridine rings is 2. The Balaban J connectivity index is 1.68. The third-order valence-corrected chi connectivity index (χ3v) is 8.24. The third-order valence-electron chi connectivity index (χ3n) is 8.24. The van der Waals surface area contributed by atoms with Gasteiger partial charge in [0.25, 0.3) is 0 Å². The van der Waals surface area contributed by atoms with Crippen molar-refractivity contribution in [2.45, 2.75) is 39.5 Å². The van der Waals surface area contributed by atoms with Crippen LogP contribution < -0.4 is 0 Å². The molecule has 5 rings (SSSR count). The number of nitrogens with zero attached hydrogens (tertiary/aromatic N) is 3. The Morgan fingerprint density at radius 2 is 1.78 bits per heavy atom. The molecule has 3 nitrogen and oxygen atoms in total. The smallest absolute Gasteiger partial charge is 0.0787 e. The first kappa shape index (κ1) is 34.7. The molecule has 244 valence electrons. The van der Waals surface area contributed by atoms with Crippen molar-refractivity contribution in [2.75, 3.05) is 0 Å². The van der Waals surface area contributed by atoms with E-state index in [1.54, 1.807) is 6.08 Å². The van der Waals surface area contributed by atoms with E-state index in [-0.39, 0.29) is 5.92 Å². The van der Waals surface area contributed by atoms with Crippen LogP contribution in [-0.4, -0.2) is 15.7 Å². The molecule has 1 unspecified atom stereocenters. The molecule has 1 atom stereocenters. The lowest BCUT2D eigenvalue weighted by Crippen LogP contribution is -2.12. The van der Waals surface area contributed by atoms with Crippen LogP contribution in [0.3, 0.4) is 0 Å². The molecular weight excluding hydrogens is 595 g/mol. The van der Waals surface area contributed by atoms with Gasteiger partial charge in [-0.15, -0.1) is 0 Å². The molecule has 2 aliphatic rings. The minimum Gasteiger partial charge on any atom is -0.265 e. The molecule has 0 amide bonds. The molecule has 49 heavy (non-hydrogen) atoms. The van der Waals surface area contributed by atoms with E-state index in [0.717, 1.165) is 64.3 Å². The molecule has 0 bridgehead atoms. The van der Waals surface area contributed by atoms with Crippen LogP contribution in [0, 0.1) is 5.92 Å². The monoisotopic (exact) mass is 639 g/mol. The van der Waals surface area contributed by atoms with Crippen molar-refractivity contribution >= 4 is 11.3 Å². The van der Waals surface area contributed by atoms with Gasteiger partial charge in [0.05, 0.1) is 17.1 Å². The lowest BCUT2D eigenvalue weighted by molar-refractivity contribution is 0.938. The van der Waals surface area contributed by atoms with Gasteiger partial charge in [-0.05, 0) is 84.7 Å². The first-order valence-electron chi connectivity index (χ1n) is 17.1. The van der Waals surface area contributed by atoms with Crippen LogP contribution in [0.2, 0.25) is 0 Å². The summed E-state index contributed by atoms with van der Waals surface area (Å²) in [7, 11) is 0. The Hall–Kier alpha value is -5.67. The Morgan fingerprint density at radius 1 is 0.918 bits per heavy atom. The fourth-order valence-corrected chi connectivity index (χ4v) is 5.72. The fourth-order valence-electron chi connectivity index (χ4n) is 5.72. The fraction of sp³-hybridized carbons (Fsp3) is 0.152. The van der Waals surface area contributed by atoms with Crippen molar-refractivity contribution < 1.29 is 0 Å². The molecular formula is C46H45N3. The highest BCUT2D eigenvalue weighted by molar-refractivity contribution is 6.34. The standard InChI is InChI=1S/C46H45N3/c1-4-6-7-8-16-25-41(5-2)49-46(39-23-13-10-9-12-20-36(3)29-30-39)45(38-21-14-11-15-22-38)43-27-18-17-24-40(43)35-42-26-19-28-44(48-42)37-31-33-47-34-32-37/h4-7,9-12,14-21,23-34,36H,1,8,13,22,35H2,2-3H3/b7-6-,10-9-,20-12-,25-16-,30-29?,39-23+,41-5+,45-38+,49-46?. The van der Waals surface area contributed by atoms with Gasteiger partial charge in [-0.25, -0.2) is 4.99 Å². The van der Waals surface area contributed by atoms with Gasteiger partial charge in [0.1, 0.15) is 0 Å². The van der Waals surface area contributed by atoms with E-state index >= 15 is 0 Å². The summed E-state index contributed by atoms with van der Waals surface area (Å²) in [6.07, 6.45) is 43.2. The van der Waals surface area contributed by atoms with Gasteiger partial charge in [-0.2, -0.15) is 0 Å². The average Bonchev–Trinajstić information content (AvgIpc) is 3.15. The van der Waals surface area contributed by atoms with Crippen LogP contribution in [0.1, 0.15) is 49.9 Å². The summed E-state index contributed by atoms with van der Waals surface area (Å²) in [4.78, 5) is 14.8. The Labute approximate surface area is 292 Å². The Bertz CT molecular complexity index is 1930. The maximum Gasteiger partial charge on any atom is 0.0787 e. The summed E-state index contributed by atoms with van der Waals surface area (Å²) in [6.45, 7) is 8.06. The number of aliphatic imine (C=N–C) groups is 1. The number of aromatic nitrogens is 2. The zero-order chi connectivity index (χ0) is 34.1. The summed E-state index contributed by atoms with van der Waals surface area (Å²) in [5.41, 5.74) is 10.7. The van der Waals surface area contributed by atoms with Crippen LogP contribution in [0.15, 0.2) is 199 Å². The number of benzene rings is 1. The molecule has 0 aliphatic heterocycles. The maximum atomic E-state index is 5.49. The van der Waals surface area contributed by atoms with E-state index < -0.39 is 0 Å². The van der Waals surface area contributed by atoms with E-state index in [4.69, 9.17) is 9.98 Å². The van der Waals surface area contributed by atoms with Crippen molar-refractivity contribution in [2.24, 2.45) is 10.9 Å². The normalized spacial score (nSPS) is 20.3. The minimum absolute atomic E-state index is 0.282. The molecule has 0 N–H and O–H groups in total. The molecule has 2 aliphatic carbocycles. The first-order chi connectivity index (χ1) is 24.2. The maximum absolute atomic E-state index is 5.49. The molecule has 0 fully saturated rings. The van der Waals surface area contributed by atoms with Crippen LogP contribution in [-0.2, 0) is 6.42 Å². The second kappa shape index (κ2) is 18.6. The molecule has 2 heterocycles. The largest absolute Gasteiger partial charge is 0.265 e. The van der Waals surface area contributed by atoms with Crippen LogP contribution >= 0.6 is 0 Å². The van der Waals surface area contributed by atoms with Crippen LogP contribution in [0.4, 0.5) is 0 Å². The minimum atomic E-state index is 0.282. The van der Waals surface area contributed by atoms with Gasteiger partial charge in [-0.1, -0.05) is 141 Å².